The molecule has 7 nitrogen and oxygen atoms in total. The van der Waals surface area contributed by atoms with Crippen LogP contribution in [0.3, 0.4) is 0 Å². The number of nitrogens with one attached hydrogen (secondary N) is 1. The zero-order chi connectivity index (χ0) is 25.8. The summed E-state index contributed by atoms with van der Waals surface area (Å²) >= 11 is 0. The first-order valence-electron chi connectivity index (χ1n) is 12.2. The molecular weight excluding hydrogens is 464 g/mol. The molecule has 3 N–H and O–H groups in total. The number of anilines is 1. The number of nitrogens with zero attached hydrogens (tertiary/aromatic N) is 2. The van der Waals surface area contributed by atoms with Gasteiger partial charge in [-0.05, 0) is 53.4 Å². The summed E-state index contributed by atoms with van der Waals surface area (Å²) in [5, 5.41) is 3.03. The van der Waals surface area contributed by atoms with E-state index in [0.717, 1.165) is 28.0 Å². The topological polar surface area (TPSA) is 97.6 Å². The largest absolute Gasteiger partial charge is 0.497 e. The van der Waals surface area contributed by atoms with Crippen LogP contribution in [0.4, 0.5) is 5.82 Å². The Hall–Kier alpha value is -4.65. The molecule has 1 aromatic heterocycles. The summed E-state index contributed by atoms with van der Waals surface area (Å²) in [5.41, 5.74) is 10.8. The molecule has 7 heteroatoms. The normalized spacial score (nSPS) is 14.8. The van der Waals surface area contributed by atoms with Gasteiger partial charge in [0.2, 0.25) is 0 Å². The summed E-state index contributed by atoms with van der Waals surface area (Å²) in [6.45, 7) is 1.01. The molecule has 186 valence electrons. The van der Waals surface area contributed by atoms with Gasteiger partial charge in [0.15, 0.2) is 0 Å². The number of nitrogens with two attached hydrogens (primary N) is 1. The van der Waals surface area contributed by atoms with Crippen molar-refractivity contribution in [3.05, 3.63) is 102 Å². The van der Waals surface area contributed by atoms with E-state index in [1.165, 1.54) is 0 Å². The first-order chi connectivity index (χ1) is 18.0. The van der Waals surface area contributed by atoms with Crippen molar-refractivity contribution in [1.82, 2.24) is 15.2 Å². The number of ether oxygens (including phenoxy) is 1. The highest BCUT2D eigenvalue weighted by Crippen LogP contribution is 2.25. The van der Waals surface area contributed by atoms with Crippen LogP contribution in [0.1, 0.15) is 27.1 Å². The highest BCUT2D eigenvalue weighted by molar-refractivity contribution is 6.00. The first-order valence-corrected chi connectivity index (χ1v) is 12.2. The third kappa shape index (κ3) is 5.30. The van der Waals surface area contributed by atoms with Crippen LogP contribution in [-0.2, 0) is 0 Å². The van der Waals surface area contributed by atoms with Crippen LogP contribution in [0, 0.1) is 0 Å². The Morgan fingerprint density at radius 3 is 2.27 bits per heavy atom. The summed E-state index contributed by atoms with van der Waals surface area (Å²) in [5.74, 6) is 0.572. The molecule has 1 aliphatic heterocycles. The van der Waals surface area contributed by atoms with Gasteiger partial charge in [0, 0.05) is 36.5 Å². The van der Waals surface area contributed by atoms with E-state index in [0.29, 0.717) is 30.6 Å². The number of benzene rings is 3. The van der Waals surface area contributed by atoms with E-state index < -0.39 is 0 Å². The van der Waals surface area contributed by atoms with E-state index >= 15 is 0 Å². The summed E-state index contributed by atoms with van der Waals surface area (Å²) < 4.78 is 5.21. The lowest BCUT2D eigenvalue weighted by Crippen LogP contribution is -2.38. The van der Waals surface area contributed by atoms with Gasteiger partial charge < -0.3 is 20.7 Å². The molecule has 0 saturated carbocycles. The van der Waals surface area contributed by atoms with Gasteiger partial charge in [0.05, 0.1) is 12.7 Å². The molecule has 2 amide bonds. The Labute approximate surface area is 215 Å². The van der Waals surface area contributed by atoms with Gasteiger partial charge in [0.25, 0.3) is 11.8 Å². The van der Waals surface area contributed by atoms with Gasteiger partial charge in [-0.3, -0.25) is 9.59 Å². The number of pyridine rings is 1. The van der Waals surface area contributed by atoms with Crippen molar-refractivity contribution in [3.63, 3.8) is 0 Å². The van der Waals surface area contributed by atoms with Gasteiger partial charge >= 0.3 is 0 Å². The van der Waals surface area contributed by atoms with Gasteiger partial charge in [-0.2, -0.15) is 0 Å². The fourth-order valence-electron chi connectivity index (χ4n) is 4.54. The molecule has 37 heavy (non-hydrogen) atoms. The molecule has 1 aliphatic rings. The monoisotopic (exact) mass is 492 g/mol. The standard InChI is InChI=1S/C30H28N4O3/c1-37-26-13-11-22(12-14-26)24-17-27(28(31)32-18-24)29(35)33-25-15-16-34(19-25)30(36)23-9-7-21(8-10-23)20-5-3-2-4-6-20/h2-14,17-18,25H,15-16,19H2,1H3,(H2,31,32)(H,33,35). The molecule has 1 unspecified atom stereocenters. The second kappa shape index (κ2) is 10.5. The molecule has 0 spiro atoms. The van der Waals surface area contributed by atoms with Crippen LogP contribution in [0.2, 0.25) is 0 Å². The van der Waals surface area contributed by atoms with E-state index in [-0.39, 0.29) is 23.7 Å². The highest BCUT2D eigenvalue weighted by atomic mass is 16.5. The molecule has 3 aromatic carbocycles. The van der Waals surface area contributed by atoms with Gasteiger partial charge in [-0.1, -0.05) is 54.6 Å². The number of aromatic nitrogens is 1. The van der Waals surface area contributed by atoms with E-state index in [1.807, 2.05) is 78.9 Å². The number of amides is 2. The van der Waals surface area contributed by atoms with Gasteiger partial charge in [-0.15, -0.1) is 0 Å². The Kier molecular flexibility index (Phi) is 6.85. The number of likely N-dealkylation sites (tertiary alicyclic amines) is 1. The van der Waals surface area contributed by atoms with Crippen LogP contribution in [0.25, 0.3) is 22.3 Å². The van der Waals surface area contributed by atoms with Crippen LogP contribution in [-0.4, -0.2) is 47.9 Å². The molecule has 4 aromatic rings. The number of hydrogen-bond acceptors (Lipinski definition) is 5. The number of methoxy groups -OCH3 is 1. The molecule has 1 fully saturated rings. The van der Waals surface area contributed by atoms with E-state index in [4.69, 9.17) is 10.5 Å². The minimum atomic E-state index is -0.299. The summed E-state index contributed by atoms with van der Waals surface area (Å²) in [6.07, 6.45) is 2.32. The van der Waals surface area contributed by atoms with E-state index in [1.54, 1.807) is 24.3 Å². The SMILES string of the molecule is COc1ccc(-c2cnc(N)c(C(=O)NC3CCN(C(=O)c4ccc(-c5ccccc5)cc4)C3)c2)cc1. The van der Waals surface area contributed by atoms with Crippen molar-refractivity contribution in [2.75, 3.05) is 25.9 Å². The van der Waals surface area contributed by atoms with Crippen molar-refractivity contribution >= 4 is 17.6 Å². The van der Waals surface area contributed by atoms with Crippen molar-refractivity contribution in [1.29, 1.82) is 0 Å². The number of carbonyl (C=O) groups excluding carboxylic acids is 2. The molecular formula is C30H28N4O3. The maximum atomic E-state index is 13.1. The lowest BCUT2D eigenvalue weighted by Gasteiger charge is -2.18. The molecule has 5 rings (SSSR count). The Morgan fingerprint density at radius 1 is 0.919 bits per heavy atom. The predicted molar refractivity (Wildman–Crippen MR) is 144 cm³/mol. The van der Waals surface area contributed by atoms with Crippen molar-refractivity contribution in [3.8, 4) is 28.0 Å². The zero-order valence-electron chi connectivity index (χ0n) is 20.6. The van der Waals surface area contributed by atoms with Crippen molar-refractivity contribution in [2.45, 2.75) is 12.5 Å². The molecule has 1 atom stereocenters. The fourth-order valence-corrected chi connectivity index (χ4v) is 4.54. The summed E-state index contributed by atoms with van der Waals surface area (Å²) in [4.78, 5) is 32.1. The minimum Gasteiger partial charge on any atom is -0.497 e. The predicted octanol–water partition coefficient (Wildman–Crippen LogP) is 4.65. The van der Waals surface area contributed by atoms with Crippen molar-refractivity contribution in [2.24, 2.45) is 0 Å². The fraction of sp³-hybridized carbons (Fsp3) is 0.167. The average molecular weight is 493 g/mol. The molecule has 1 saturated heterocycles. The van der Waals surface area contributed by atoms with Crippen LogP contribution >= 0.6 is 0 Å². The third-order valence-electron chi connectivity index (χ3n) is 6.64. The second-order valence-corrected chi connectivity index (χ2v) is 9.04. The van der Waals surface area contributed by atoms with E-state index in [2.05, 4.69) is 10.3 Å². The molecule has 2 heterocycles. The summed E-state index contributed by atoms with van der Waals surface area (Å²) in [7, 11) is 1.61. The van der Waals surface area contributed by atoms with Gasteiger partial charge in [-0.25, -0.2) is 4.98 Å². The second-order valence-electron chi connectivity index (χ2n) is 9.04. The Balaban J connectivity index is 1.23. The maximum Gasteiger partial charge on any atom is 0.255 e. The smallest absolute Gasteiger partial charge is 0.255 e. The summed E-state index contributed by atoms with van der Waals surface area (Å²) in [6, 6.07) is 26.8. The first kappa shape index (κ1) is 24.1. The zero-order valence-corrected chi connectivity index (χ0v) is 20.6. The van der Waals surface area contributed by atoms with Crippen LogP contribution in [0.5, 0.6) is 5.75 Å². The third-order valence-corrected chi connectivity index (χ3v) is 6.64. The lowest BCUT2D eigenvalue weighted by molar-refractivity contribution is 0.0783. The number of carbonyl (C=O) groups is 2. The number of nitrogen functional groups attached to an aromatic ring is 1. The van der Waals surface area contributed by atoms with Crippen LogP contribution in [0.15, 0.2) is 91.1 Å². The average Bonchev–Trinajstić information content (AvgIpc) is 3.42. The maximum absolute atomic E-state index is 13.1. The Bertz CT molecular complexity index is 1400. The van der Waals surface area contributed by atoms with Crippen LogP contribution < -0.4 is 15.8 Å². The number of hydrogen-bond donors (Lipinski definition) is 2. The molecule has 0 bridgehead atoms. The quantitative estimate of drug-likeness (QED) is 0.408. The highest BCUT2D eigenvalue weighted by Gasteiger charge is 2.29. The molecule has 0 aliphatic carbocycles. The number of rotatable bonds is 6. The lowest BCUT2D eigenvalue weighted by atomic mass is 10.0. The minimum absolute atomic E-state index is 0.0426. The van der Waals surface area contributed by atoms with Crippen molar-refractivity contribution < 1.29 is 14.3 Å². The van der Waals surface area contributed by atoms with E-state index in [9.17, 15) is 9.59 Å². The molecule has 0 radical (unpaired) electrons. The van der Waals surface area contributed by atoms with Gasteiger partial charge in [0.1, 0.15) is 11.6 Å². The Morgan fingerprint density at radius 2 is 1.57 bits per heavy atom.